The van der Waals surface area contributed by atoms with E-state index in [1.165, 1.54) is 0 Å². The van der Waals surface area contributed by atoms with Crippen molar-refractivity contribution in [2.45, 2.75) is 25.8 Å². The van der Waals surface area contributed by atoms with E-state index in [9.17, 15) is 4.79 Å². The highest BCUT2D eigenvalue weighted by Gasteiger charge is 2.31. The molecule has 0 N–H and O–H groups in total. The zero-order chi connectivity index (χ0) is 14.4. The van der Waals surface area contributed by atoms with Gasteiger partial charge in [-0.1, -0.05) is 22.0 Å². The molecule has 0 spiro atoms. The van der Waals surface area contributed by atoms with Gasteiger partial charge in [0.15, 0.2) is 0 Å². The van der Waals surface area contributed by atoms with Crippen LogP contribution in [-0.2, 0) is 9.53 Å². The third-order valence-electron chi connectivity index (χ3n) is 3.37. The van der Waals surface area contributed by atoms with E-state index in [1.807, 2.05) is 31.2 Å². The molecule has 0 amide bonds. The number of ether oxygens (including phenoxy) is 2. The zero-order valence-corrected chi connectivity index (χ0v) is 13.3. The van der Waals surface area contributed by atoms with Crippen LogP contribution in [0.1, 0.15) is 19.8 Å². The van der Waals surface area contributed by atoms with Crippen molar-refractivity contribution in [3.05, 3.63) is 28.7 Å². The second-order valence-corrected chi connectivity index (χ2v) is 5.67. The summed E-state index contributed by atoms with van der Waals surface area (Å²) in [5.41, 5.74) is 0. The maximum Gasteiger partial charge on any atom is 0.323 e. The summed E-state index contributed by atoms with van der Waals surface area (Å²) in [5.74, 6) is 0.735. The summed E-state index contributed by atoms with van der Waals surface area (Å²) in [7, 11) is 0. The van der Waals surface area contributed by atoms with Crippen molar-refractivity contribution < 1.29 is 14.3 Å². The zero-order valence-electron chi connectivity index (χ0n) is 11.7. The topological polar surface area (TPSA) is 38.8 Å². The number of esters is 1. The fourth-order valence-corrected chi connectivity index (χ4v) is 2.81. The van der Waals surface area contributed by atoms with Crippen LogP contribution in [0.3, 0.4) is 0 Å². The third-order valence-corrected chi connectivity index (χ3v) is 3.86. The van der Waals surface area contributed by atoms with Crippen molar-refractivity contribution in [1.82, 2.24) is 4.90 Å². The molecule has 0 saturated carbocycles. The molecule has 5 heteroatoms. The molecular weight excluding hydrogens is 322 g/mol. The second-order valence-electron chi connectivity index (χ2n) is 4.75. The standard InChI is InChI=1S/C15H20BrNO3/c1-2-19-15(18)14-7-4-8-17(14)9-10-20-13-6-3-5-12(16)11-13/h3,5-6,11,14H,2,4,7-10H2,1H3. The molecule has 0 aliphatic carbocycles. The van der Waals surface area contributed by atoms with E-state index in [-0.39, 0.29) is 12.0 Å². The van der Waals surface area contributed by atoms with Crippen LogP contribution in [0.25, 0.3) is 0 Å². The van der Waals surface area contributed by atoms with E-state index in [0.29, 0.717) is 13.2 Å². The molecule has 0 bridgehead atoms. The first-order valence-electron chi connectivity index (χ1n) is 6.99. The number of hydrogen-bond donors (Lipinski definition) is 0. The van der Waals surface area contributed by atoms with Crippen molar-refractivity contribution in [3.63, 3.8) is 0 Å². The smallest absolute Gasteiger partial charge is 0.323 e. The molecule has 1 heterocycles. The lowest BCUT2D eigenvalue weighted by Gasteiger charge is -2.22. The Morgan fingerprint density at radius 2 is 2.35 bits per heavy atom. The lowest BCUT2D eigenvalue weighted by atomic mass is 10.2. The van der Waals surface area contributed by atoms with Gasteiger partial charge in [-0.2, -0.15) is 0 Å². The molecule has 1 aliphatic rings. The van der Waals surface area contributed by atoms with Gasteiger partial charge in [0.1, 0.15) is 18.4 Å². The number of hydrogen-bond acceptors (Lipinski definition) is 4. The van der Waals surface area contributed by atoms with E-state index in [1.54, 1.807) is 0 Å². The Kier molecular flexibility index (Phi) is 5.86. The van der Waals surface area contributed by atoms with Crippen LogP contribution in [-0.4, -0.2) is 43.2 Å². The molecule has 1 saturated heterocycles. The summed E-state index contributed by atoms with van der Waals surface area (Å²) < 4.78 is 11.8. The monoisotopic (exact) mass is 341 g/mol. The van der Waals surface area contributed by atoms with Crippen molar-refractivity contribution in [2.24, 2.45) is 0 Å². The predicted molar refractivity (Wildman–Crippen MR) is 80.9 cm³/mol. The summed E-state index contributed by atoms with van der Waals surface area (Å²) in [6.07, 6.45) is 1.93. The van der Waals surface area contributed by atoms with E-state index in [0.717, 1.165) is 36.2 Å². The van der Waals surface area contributed by atoms with Crippen LogP contribution in [0.4, 0.5) is 0 Å². The quantitative estimate of drug-likeness (QED) is 0.746. The second kappa shape index (κ2) is 7.64. The Bertz CT molecular complexity index is 452. The number of benzene rings is 1. The van der Waals surface area contributed by atoms with Gasteiger partial charge in [0.05, 0.1) is 6.61 Å². The minimum atomic E-state index is -0.104. The third kappa shape index (κ3) is 4.21. The van der Waals surface area contributed by atoms with E-state index >= 15 is 0 Å². The van der Waals surface area contributed by atoms with Crippen LogP contribution >= 0.6 is 15.9 Å². The lowest BCUT2D eigenvalue weighted by Crippen LogP contribution is -2.39. The Labute approximate surface area is 128 Å². The molecule has 1 fully saturated rings. The molecule has 2 rings (SSSR count). The molecule has 110 valence electrons. The highest BCUT2D eigenvalue weighted by Crippen LogP contribution is 2.20. The first kappa shape index (κ1) is 15.3. The average Bonchev–Trinajstić information content (AvgIpc) is 2.87. The van der Waals surface area contributed by atoms with Crippen LogP contribution in [0.2, 0.25) is 0 Å². The van der Waals surface area contributed by atoms with Gasteiger partial charge >= 0.3 is 5.97 Å². The maximum absolute atomic E-state index is 11.8. The van der Waals surface area contributed by atoms with Gasteiger partial charge in [-0.25, -0.2) is 0 Å². The number of likely N-dealkylation sites (tertiary alicyclic amines) is 1. The normalized spacial score (nSPS) is 19.0. The first-order valence-corrected chi connectivity index (χ1v) is 7.79. The van der Waals surface area contributed by atoms with E-state index < -0.39 is 0 Å². The van der Waals surface area contributed by atoms with Crippen LogP contribution in [0.5, 0.6) is 5.75 Å². The Balaban J connectivity index is 1.79. The molecule has 1 aromatic rings. The highest BCUT2D eigenvalue weighted by molar-refractivity contribution is 9.10. The van der Waals surface area contributed by atoms with Crippen molar-refractivity contribution in [3.8, 4) is 5.75 Å². The Morgan fingerprint density at radius 1 is 1.50 bits per heavy atom. The molecule has 1 unspecified atom stereocenters. The molecule has 0 aromatic heterocycles. The summed E-state index contributed by atoms with van der Waals surface area (Å²) in [6.45, 7) is 4.54. The number of rotatable bonds is 6. The van der Waals surface area contributed by atoms with Gasteiger partial charge in [-0.3, -0.25) is 9.69 Å². The van der Waals surface area contributed by atoms with Gasteiger partial charge in [0.25, 0.3) is 0 Å². The van der Waals surface area contributed by atoms with E-state index in [2.05, 4.69) is 20.8 Å². The molecule has 20 heavy (non-hydrogen) atoms. The average molecular weight is 342 g/mol. The molecule has 1 aliphatic heterocycles. The van der Waals surface area contributed by atoms with Crippen LogP contribution in [0, 0.1) is 0 Å². The summed E-state index contributed by atoms with van der Waals surface area (Å²) in [4.78, 5) is 14.0. The van der Waals surface area contributed by atoms with E-state index in [4.69, 9.17) is 9.47 Å². The van der Waals surface area contributed by atoms with Crippen molar-refractivity contribution in [1.29, 1.82) is 0 Å². The fourth-order valence-electron chi connectivity index (χ4n) is 2.44. The first-order chi connectivity index (χ1) is 9.70. The van der Waals surface area contributed by atoms with Gasteiger partial charge in [0.2, 0.25) is 0 Å². The number of carbonyl (C=O) groups excluding carboxylic acids is 1. The molecule has 4 nitrogen and oxygen atoms in total. The van der Waals surface area contributed by atoms with Gasteiger partial charge < -0.3 is 9.47 Å². The van der Waals surface area contributed by atoms with Crippen molar-refractivity contribution in [2.75, 3.05) is 26.3 Å². The minimum absolute atomic E-state index is 0.0962. The minimum Gasteiger partial charge on any atom is -0.492 e. The summed E-state index contributed by atoms with van der Waals surface area (Å²) in [5, 5.41) is 0. The van der Waals surface area contributed by atoms with Gasteiger partial charge in [-0.05, 0) is 44.5 Å². The van der Waals surface area contributed by atoms with Gasteiger partial charge in [-0.15, -0.1) is 0 Å². The number of carbonyl (C=O) groups is 1. The molecular formula is C15H20BrNO3. The Hall–Kier alpha value is -1.07. The van der Waals surface area contributed by atoms with Crippen molar-refractivity contribution >= 4 is 21.9 Å². The van der Waals surface area contributed by atoms with Gasteiger partial charge in [0, 0.05) is 11.0 Å². The Morgan fingerprint density at radius 3 is 3.10 bits per heavy atom. The number of halogens is 1. The van der Waals surface area contributed by atoms with Crippen LogP contribution < -0.4 is 4.74 Å². The summed E-state index contributed by atoms with van der Waals surface area (Å²) >= 11 is 3.41. The molecule has 0 radical (unpaired) electrons. The fraction of sp³-hybridized carbons (Fsp3) is 0.533. The maximum atomic E-state index is 11.8. The number of nitrogens with zero attached hydrogens (tertiary/aromatic N) is 1. The summed E-state index contributed by atoms with van der Waals surface area (Å²) in [6, 6.07) is 7.67. The molecule has 1 atom stereocenters. The predicted octanol–water partition coefficient (Wildman–Crippen LogP) is 2.86. The van der Waals surface area contributed by atoms with Crippen LogP contribution in [0.15, 0.2) is 28.7 Å². The SMILES string of the molecule is CCOC(=O)C1CCCN1CCOc1cccc(Br)c1. The molecule has 1 aromatic carbocycles. The highest BCUT2D eigenvalue weighted by atomic mass is 79.9. The lowest BCUT2D eigenvalue weighted by molar-refractivity contribution is -0.148. The largest absolute Gasteiger partial charge is 0.492 e.